The molecule has 25 heavy (non-hydrogen) atoms. The molecule has 0 radical (unpaired) electrons. The van der Waals surface area contributed by atoms with Crippen molar-refractivity contribution in [3.63, 3.8) is 0 Å². The Bertz CT molecular complexity index is 793. The van der Waals surface area contributed by atoms with Crippen LogP contribution >= 0.6 is 0 Å². The smallest absolute Gasteiger partial charge is 0.358 e. The van der Waals surface area contributed by atoms with Crippen molar-refractivity contribution in [3.8, 4) is 0 Å². The predicted molar refractivity (Wildman–Crippen MR) is 93.2 cm³/mol. The molecule has 2 aromatic rings. The highest BCUT2D eigenvalue weighted by Crippen LogP contribution is 2.23. The summed E-state index contributed by atoms with van der Waals surface area (Å²) in [4.78, 5) is 26.2. The zero-order chi connectivity index (χ0) is 18.0. The predicted octanol–water partition coefficient (Wildman–Crippen LogP) is 2.03. The Morgan fingerprint density at radius 3 is 2.64 bits per heavy atom. The normalized spacial score (nSPS) is 13.5. The van der Waals surface area contributed by atoms with Crippen LogP contribution in [0.3, 0.4) is 0 Å². The molecular weight excluding hydrogens is 318 g/mol. The lowest BCUT2D eigenvalue weighted by Crippen LogP contribution is -2.36. The minimum atomic E-state index is -0.420. The molecule has 0 aliphatic carbocycles. The van der Waals surface area contributed by atoms with Crippen molar-refractivity contribution in [1.29, 1.82) is 0 Å². The van der Waals surface area contributed by atoms with Gasteiger partial charge in [0.2, 0.25) is 5.91 Å². The lowest BCUT2D eigenvalue weighted by molar-refractivity contribution is -0.132. The average molecular weight is 341 g/mol. The number of methoxy groups -OCH3 is 1. The Hall–Kier alpha value is -2.63. The number of aryl methyl sites for hydroxylation is 3. The second-order valence-corrected chi connectivity index (χ2v) is 6.44. The van der Waals surface area contributed by atoms with E-state index in [2.05, 4.69) is 36.3 Å². The van der Waals surface area contributed by atoms with E-state index < -0.39 is 5.97 Å². The van der Waals surface area contributed by atoms with Crippen molar-refractivity contribution >= 4 is 11.9 Å². The molecule has 1 aliphatic heterocycles. The number of fused-ring (bicyclic) bond motifs is 1. The summed E-state index contributed by atoms with van der Waals surface area (Å²) >= 11 is 0. The molecule has 0 saturated heterocycles. The van der Waals surface area contributed by atoms with E-state index in [0.29, 0.717) is 31.6 Å². The van der Waals surface area contributed by atoms with Gasteiger partial charge in [0.05, 0.1) is 19.3 Å². The van der Waals surface area contributed by atoms with E-state index in [1.807, 2.05) is 4.90 Å². The molecule has 0 atom stereocenters. The van der Waals surface area contributed by atoms with Gasteiger partial charge in [-0.2, -0.15) is 5.10 Å². The second-order valence-electron chi connectivity index (χ2n) is 6.44. The van der Waals surface area contributed by atoms with E-state index >= 15 is 0 Å². The molecule has 0 unspecified atom stereocenters. The summed E-state index contributed by atoms with van der Waals surface area (Å²) in [6.45, 7) is 3.15. The standard InChI is InChI=1S/C19H23N3O3/c1-13-4-6-14(7-5-13)8-9-17(23)22-11-10-15-16(12-22)21(2)20-18(15)19(24)25-3/h4-7H,8-12H2,1-3H3. The van der Waals surface area contributed by atoms with Gasteiger partial charge in [0.15, 0.2) is 5.69 Å². The zero-order valence-corrected chi connectivity index (χ0v) is 14.9. The maximum Gasteiger partial charge on any atom is 0.358 e. The highest BCUT2D eigenvalue weighted by Gasteiger charge is 2.29. The van der Waals surface area contributed by atoms with Gasteiger partial charge in [0.1, 0.15) is 0 Å². The van der Waals surface area contributed by atoms with Crippen LogP contribution in [0.15, 0.2) is 24.3 Å². The quantitative estimate of drug-likeness (QED) is 0.798. The molecule has 0 saturated carbocycles. The minimum Gasteiger partial charge on any atom is -0.464 e. The lowest BCUT2D eigenvalue weighted by Gasteiger charge is -2.27. The molecule has 1 aliphatic rings. The number of carbonyl (C=O) groups is 2. The lowest BCUT2D eigenvalue weighted by atomic mass is 10.0. The van der Waals surface area contributed by atoms with Gasteiger partial charge >= 0.3 is 5.97 Å². The van der Waals surface area contributed by atoms with E-state index in [1.165, 1.54) is 18.2 Å². The van der Waals surface area contributed by atoms with Gasteiger partial charge in [-0.3, -0.25) is 9.48 Å². The van der Waals surface area contributed by atoms with Gasteiger partial charge in [-0.1, -0.05) is 29.8 Å². The molecule has 0 spiro atoms. The Morgan fingerprint density at radius 1 is 1.24 bits per heavy atom. The van der Waals surface area contributed by atoms with Crippen LogP contribution < -0.4 is 0 Å². The van der Waals surface area contributed by atoms with Gasteiger partial charge < -0.3 is 9.64 Å². The molecule has 1 amide bonds. The minimum absolute atomic E-state index is 0.132. The topological polar surface area (TPSA) is 64.4 Å². The fourth-order valence-corrected chi connectivity index (χ4v) is 3.21. The first-order chi connectivity index (χ1) is 12.0. The van der Waals surface area contributed by atoms with E-state index in [1.54, 1.807) is 11.7 Å². The monoisotopic (exact) mass is 341 g/mol. The van der Waals surface area contributed by atoms with Gasteiger partial charge in [-0.15, -0.1) is 0 Å². The fraction of sp³-hybridized carbons (Fsp3) is 0.421. The van der Waals surface area contributed by atoms with Crippen LogP contribution in [0.5, 0.6) is 0 Å². The maximum atomic E-state index is 12.6. The third-order valence-electron chi connectivity index (χ3n) is 4.73. The molecule has 1 aromatic heterocycles. The summed E-state index contributed by atoms with van der Waals surface area (Å²) in [6.07, 6.45) is 1.85. The summed E-state index contributed by atoms with van der Waals surface area (Å²) < 4.78 is 6.47. The number of amides is 1. The summed E-state index contributed by atoms with van der Waals surface area (Å²) in [6, 6.07) is 8.27. The van der Waals surface area contributed by atoms with Crippen molar-refractivity contribution in [2.24, 2.45) is 7.05 Å². The summed E-state index contributed by atoms with van der Waals surface area (Å²) in [5.41, 5.74) is 4.57. The molecular formula is C19H23N3O3. The summed E-state index contributed by atoms with van der Waals surface area (Å²) in [5.74, 6) is -0.289. The number of rotatable bonds is 4. The highest BCUT2D eigenvalue weighted by molar-refractivity contribution is 5.89. The van der Waals surface area contributed by atoms with Gasteiger partial charge in [0.25, 0.3) is 0 Å². The second kappa shape index (κ2) is 7.09. The van der Waals surface area contributed by atoms with Crippen LogP contribution in [0.2, 0.25) is 0 Å². The molecule has 0 fully saturated rings. The van der Waals surface area contributed by atoms with Gasteiger partial charge in [-0.25, -0.2) is 4.79 Å². The Kier molecular flexibility index (Phi) is 4.88. The maximum absolute atomic E-state index is 12.6. The number of benzene rings is 1. The van der Waals surface area contributed by atoms with Crippen LogP contribution in [0, 0.1) is 6.92 Å². The van der Waals surface area contributed by atoms with E-state index in [4.69, 9.17) is 4.74 Å². The third-order valence-corrected chi connectivity index (χ3v) is 4.73. The average Bonchev–Trinajstić information content (AvgIpc) is 2.96. The number of hydrogen-bond acceptors (Lipinski definition) is 4. The zero-order valence-electron chi connectivity index (χ0n) is 14.9. The van der Waals surface area contributed by atoms with Crippen LogP contribution in [0.4, 0.5) is 0 Å². The molecule has 2 heterocycles. The van der Waals surface area contributed by atoms with Crippen LogP contribution in [-0.4, -0.2) is 40.2 Å². The Balaban J connectivity index is 1.66. The number of nitrogens with zero attached hydrogens (tertiary/aromatic N) is 3. The van der Waals surface area contributed by atoms with Crippen LogP contribution in [0.25, 0.3) is 0 Å². The number of hydrogen-bond donors (Lipinski definition) is 0. The first-order valence-electron chi connectivity index (χ1n) is 8.46. The van der Waals surface area contributed by atoms with Crippen molar-refractivity contribution < 1.29 is 14.3 Å². The fourth-order valence-electron chi connectivity index (χ4n) is 3.21. The van der Waals surface area contributed by atoms with Gasteiger partial charge in [0, 0.05) is 25.6 Å². The number of esters is 1. The third kappa shape index (κ3) is 3.57. The van der Waals surface area contributed by atoms with Crippen molar-refractivity contribution in [2.45, 2.75) is 32.7 Å². The number of carbonyl (C=O) groups excluding carboxylic acids is 2. The van der Waals surface area contributed by atoms with Crippen LogP contribution in [-0.2, 0) is 36.0 Å². The van der Waals surface area contributed by atoms with E-state index in [9.17, 15) is 9.59 Å². The first-order valence-corrected chi connectivity index (χ1v) is 8.46. The molecule has 6 heteroatoms. The first kappa shape index (κ1) is 17.2. The molecule has 6 nitrogen and oxygen atoms in total. The Labute approximate surface area is 147 Å². The van der Waals surface area contributed by atoms with Crippen molar-refractivity contribution in [1.82, 2.24) is 14.7 Å². The molecule has 132 valence electrons. The summed E-state index contributed by atoms with van der Waals surface area (Å²) in [7, 11) is 3.15. The SMILES string of the molecule is COC(=O)c1nn(C)c2c1CCN(C(=O)CCc1ccc(C)cc1)C2. The van der Waals surface area contributed by atoms with Crippen molar-refractivity contribution in [3.05, 3.63) is 52.3 Å². The van der Waals surface area contributed by atoms with E-state index in [0.717, 1.165) is 17.7 Å². The molecule has 0 N–H and O–H groups in total. The largest absolute Gasteiger partial charge is 0.464 e. The van der Waals surface area contributed by atoms with Crippen LogP contribution in [0.1, 0.15) is 39.3 Å². The summed E-state index contributed by atoms with van der Waals surface area (Å²) in [5, 5.41) is 4.26. The number of aromatic nitrogens is 2. The Morgan fingerprint density at radius 2 is 1.96 bits per heavy atom. The molecule has 1 aromatic carbocycles. The van der Waals surface area contributed by atoms with Crippen molar-refractivity contribution in [2.75, 3.05) is 13.7 Å². The van der Waals surface area contributed by atoms with Gasteiger partial charge in [-0.05, 0) is 25.3 Å². The molecule has 0 bridgehead atoms. The van der Waals surface area contributed by atoms with E-state index in [-0.39, 0.29) is 5.91 Å². The highest BCUT2D eigenvalue weighted by atomic mass is 16.5. The molecule has 3 rings (SSSR count). The number of ether oxygens (including phenoxy) is 1.